The molecule has 2 N–H and O–H groups in total. The van der Waals surface area contributed by atoms with Gasteiger partial charge in [0, 0.05) is 10.8 Å². The average Bonchev–Trinajstić information content (AvgIpc) is 3.13. The molecule has 0 fully saturated rings. The lowest BCUT2D eigenvalue weighted by atomic mass is 9.55. The van der Waals surface area contributed by atoms with Gasteiger partial charge in [0.25, 0.3) is 0 Å². The molecule has 2 aliphatic carbocycles. The molecule has 1 heterocycles. The molecule has 0 aromatic carbocycles. The Kier molecular flexibility index (Phi) is 4.43. The van der Waals surface area contributed by atoms with Crippen LogP contribution in [0.1, 0.15) is 44.4 Å². The Bertz CT molecular complexity index is 880. The zero-order chi connectivity index (χ0) is 19.1. The van der Waals surface area contributed by atoms with E-state index in [1.54, 1.807) is 11.3 Å². The van der Waals surface area contributed by atoms with Crippen molar-refractivity contribution in [1.29, 1.82) is 15.8 Å². The van der Waals surface area contributed by atoms with Gasteiger partial charge in [-0.05, 0) is 47.1 Å². The first-order valence-corrected chi connectivity index (χ1v) is 9.64. The molecular formula is C21H22N4S. The van der Waals surface area contributed by atoms with Gasteiger partial charge in [0.05, 0.1) is 23.4 Å². The summed E-state index contributed by atoms with van der Waals surface area (Å²) in [7, 11) is 0. The third-order valence-electron chi connectivity index (χ3n) is 5.95. The summed E-state index contributed by atoms with van der Waals surface area (Å²) in [4.78, 5) is 0.985. The van der Waals surface area contributed by atoms with E-state index in [1.807, 2.05) is 17.5 Å². The molecule has 1 aromatic rings. The Hall–Kier alpha value is -2.55. The summed E-state index contributed by atoms with van der Waals surface area (Å²) < 4.78 is 0. The molecule has 0 radical (unpaired) electrons. The summed E-state index contributed by atoms with van der Waals surface area (Å²) in [6, 6.07) is 10.5. The van der Waals surface area contributed by atoms with Gasteiger partial charge < -0.3 is 5.73 Å². The van der Waals surface area contributed by atoms with Crippen LogP contribution in [0.15, 0.2) is 40.4 Å². The van der Waals surface area contributed by atoms with E-state index in [0.717, 1.165) is 23.3 Å². The number of thiophene rings is 1. The molecule has 3 rings (SSSR count). The highest BCUT2D eigenvalue weighted by Gasteiger charge is 2.55. The Morgan fingerprint density at radius 2 is 1.92 bits per heavy atom. The smallest absolute Gasteiger partial charge is 0.192 e. The number of nitrogens with two attached hydrogens (primary N) is 1. The van der Waals surface area contributed by atoms with Crippen LogP contribution in [0.2, 0.25) is 0 Å². The molecule has 2 aliphatic rings. The van der Waals surface area contributed by atoms with Crippen LogP contribution in [0.5, 0.6) is 0 Å². The maximum absolute atomic E-state index is 10.00. The largest absolute Gasteiger partial charge is 0.399 e. The molecule has 1 aromatic heterocycles. The molecule has 3 atom stereocenters. The summed E-state index contributed by atoms with van der Waals surface area (Å²) in [5, 5.41) is 31.7. The molecule has 0 unspecified atom stereocenters. The number of nitriles is 3. The van der Waals surface area contributed by atoms with Crippen molar-refractivity contribution in [1.82, 2.24) is 0 Å². The van der Waals surface area contributed by atoms with Gasteiger partial charge >= 0.3 is 0 Å². The summed E-state index contributed by atoms with van der Waals surface area (Å²) >= 11 is 1.55. The maximum atomic E-state index is 10.00. The fourth-order valence-corrected chi connectivity index (χ4v) is 5.33. The van der Waals surface area contributed by atoms with E-state index < -0.39 is 5.41 Å². The SMILES string of the molecule is CC(C)(C)[C@@H]1CC=C2C(C#N)=C(N)C(C#N)(C#N)[C@@H](c3cccs3)[C@@H]2C1. The molecule has 0 amide bonds. The second kappa shape index (κ2) is 6.31. The molecule has 0 spiro atoms. The number of hydrogen-bond donors (Lipinski definition) is 1. The number of fused-ring (bicyclic) bond motifs is 1. The van der Waals surface area contributed by atoms with E-state index in [-0.39, 0.29) is 22.9 Å². The molecule has 5 heteroatoms. The summed E-state index contributed by atoms with van der Waals surface area (Å²) in [5.41, 5.74) is 6.27. The second-order valence-corrected chi connectivity index (χ2v) is 9.20. The fourth-order valence-electron chi connectivity index (χ4n) is 4.37. The lowest BCUT2D eigenvalue weighted by Gasteiger charge is -2.46. The van der Waals surface area contributed by atoms with Crippen LogP contribution in [0.25, 0.3) is 0 Å². The highest BCUT2D eigenvalue weighted by molar-refractivity contribution is 7.10. The molecule has 4 nitrogen and oxygen atoms in total. The standard InChI is InChI=1S/C21H22N4S/c1-20(2,3)13-6-7-14-15(9-13)18(17-5-4-8-26-17)21(11-23,12-24)19(25)16(14)10-22/h4-5,7-8,13,15,18H,6,9,25H2,1-3H3/t13-,15-,18-/m1/s1. The fraction of sp³-hybridized carbons (Fsp3) is 0.476. The molecule has 132 valence electrons. The molecular weight excluding hydrogens is 340 g/mol. The second-order valence-electron chi connectivity index (χ2n) is 8.23. The van der Waals surface area contributed by atoms with Crippen molar-refractivity contribution >= 4 is 11.3 Å². The van der Waals surface area contributed by atoms with E-state index in [9.17, 15) is 15.8 Å². The zero-order valence-corrected chi connectivity index (χ0v) is 16.1. The molecule has 0 saturated heterocycles. The van der Waals surface area contributed by atoms with Crippen molar-refractivity contribution in [2.24, 2.45) is 28.4 Å². The van der Waals surface area contributed by atoms with Gasteiger partial charge in [-0.3, -0.25) is 0 Å². The van der Waals surface area contributed by atoms with Gasteiger partial charge in [-0.2, -0.15) is 15.8 Å². The van der Waals surface area contributed by atoms with Crippen molar-refractivity contribution in [2.75, 3.05) is 0 Å². The Morgan fingerprint density at radius 1 is 1.23 bits per heavy atom. The van der Waals surface area contributed by atoms with Crippen LogP contribution in [0.3, 0.4) is 0 Å². The van der Waals surface area contributed by atoms with Crippen LogP contribution >= 0.6 is 11.3 Å². The predicted molar refractivity (Wildman–Crippen MR) is 101 cm³/mol. The predicted octanol–water partition coefficient (Wildman–Crippen LogP) is 4.61. The normalized spacial score (nSPS) is 27.5. The number of rotatable bonds is 1. The third kappa shape index (κ3) is 2.54. The van der Waals surface area contributed by atoms with E-state index in [2.05, 4.69) is 45.1 Å². The lowest BCUT2D eigenvalue weighted by Crippen LogP contribution is -2.44. The topological polar surface area (TPSA) is 97.4 Å². The zero-order valence-electron chi connectivity index (χ0n) is 15.3. The van der Waals surface area contributed by atoms with Crippen molar-refractivity contribution in [3.63, 3.8) is 0 Å². The molecule has 0 bridgehead atoms. The van der Waals surface area contributed by atoms with Crippen LogP contribution in [-0.2, 0) is 0 Å². The summed E-state index contributed by atoms with van der Waals surface area (Å²) in [6.45, 7) is 6.66. The first-order valence-electron chi connectivity index (χ1n) is 8.76. The minimum atomic E-state index is -1.50. The van der Waals surface area contributed by atoms with E-state index in [0.29, 0.717) is 11.5 Å². The minimum Gasteiger partial charge on any atom is -0.399 e. The molecule has 0 saturated carbocycles. The van der Waals surface area contributed by atoms with Gasteiger partial charge in [-0.15, -0.1) is 11.3 Å². The monoisotopic (exact) mass is 362 g/mol. The average molecular weight is 363 g/mol. The van der Waals surface area contributed by atoms with E-state index in [4.69, 9.17) is 5.73 Å². The van der Waals surface area contributed by atoms with Gasteiger partial charge in [0.15, 0.2) is 5.41 Å². The Labute approximate surface area is 158 Å². The van der Waals surface area contributed by atoms with E-state index >= 15 is 0 Å². The van der Waals surface area contributed by atoms with Crippen LogP contribution in [0, 0.1) is 56.7 Å². The van der Waals surface area contributed by atoms with Crippen molar-refractivity contribution in [2.45, 2.75) is 39.5 Å². The third-order valence-corrected chi connectivity index (χ3v) is 6.91. The number of allylic oxidation sites excluding steroid dienone is 4. The highest BCUT2D eigenvalue weighted by atomic mass is 32.1. The number of nitrogens with zero attached hydrogens (tertiary/aromatic N) is 3. The van der Waals surface area contributed by atoms with Crippen molar-refractivity contribution < 1.29 is 0 Å². The van der Waals surface area contributed by atoms with E-state index in [1.165, 1.54) is 0 Å². The first-order chi connectivity index (χ1) is 12.3. The van der Waals surface area contributed by atoms with Gasteiger partial charge in [-0.1, -0.05) is 32.9 Å². The molecule has 0 aliphatic heterocycles. The number of hydrogen-bond acceptors (Lipinski definition) is 5. The van der Waals surface area contributed by atoms with Gasteiger partial charge in [0.1, 0.15) is 6.07 Å². The summed E-state index contributed by atoms with van der Waals surface area (Å²) in [5.74, 6) is 0.0342. The van der Waals surface area contributed by atoms with Gasteiger partial charge in [-0.25, -0.2) is 0 Å². The molecule has 26 heavy (non-hydrogen) atoms. The van der Waals surface area contributed by atoms with Crippen LogP contribution in [-0.4, -0.2) is 0 Å². The van der Waals surface area contributed by atoms with Crippen molar-refractivity contribution in [3.05, 3.63) is 45.3 Å². The Morgan fingerprint density at radius 3 is 2.42 bits per heavy atom. The van der Waals surface area contributed by atoms with Crippen LogP contribution in [0.4, 0.5) is 0 Å². The minimum absolute atomic E-state index is 0.0483. The van der Waals surface area contributed by atoms with Crippen molar-refractivity contribution in [3.8, 4) is 18.2 Å². The summed E-state index contributed by atoms with van der Waals surface area (Å²) in [6.07, 6.45) is 3.85. The maximum Gasteiger partial charge on any atom is 0.192 e. The highest BCUT2D eigenvalue weighted by Crippen LogP contribution is 2.58. The lowest BCUT2D eigenvalue weighted by molar-refractivity contribution is 0.171. The van der Waals surface area contributed by atoms with Gasteiger partial charge in [0.2, 0.25) is 0 Å². The first kappa shape index (κ1) is 18.2. The Balaban J connectivity index is 2.27. The van der Waals surface area contributed by atoms with Crippen LogP contribution < -0.4 is 5.73 Å². The quantitative estimate of drug-likeness (QED) is 0.788.